The molecule has 2 heterocycles. The zero-order valence-corrected chi connectivity index (χ0v) is 21.2. The molecule has 0 radical (unpaired) electrons. The summed E-state index contributed by atoms with van der Waals surface area (Å²) in [6.07, 6.45) is 5.10. The Morgan fingerprint density at radius 3 is 2.54 bits per heavy atom. The number of anilines is 1. The molecule has 0 bridgehead atoms. The third-order valence-corrected chi connectivity index (χ3v) is 7.04. The van der Waals surface area contributed by atoms with E-state index in [1.54, 1.807) is 23.1 Å². The van der Waals surface area contributed by atoms with E-state index < -0.39 is 9.84 Å². The molecule has 2 N–H and O–H groups in total. The fourth-order valence-corrected chi connectivity index (χ4v) is 4.84. The molecule has 0 saturated carbocycles. The predicted molar refractivity (Wildman–Crippen MR) is 133 cm³/mol. The Morgan fingerprint density at radius 2 is 1.97 bits per heavy atom. The average Bonchev–Trinajstić information content (AvgIpc) is 3.22. The summed E-state index contributed by atoms with van der Waals surface area (Å²) < 4.78 is 35.3. The third-order valence-electron chi connectivity index (χ3n) is 5.93. The molecule has 1 aromatic rings. The highest BCUT2D eigenvalue weighted by Crippen LogP contribution is 2.35. The molecule has 35 heavy (non-hydrogen) atoms. The molecule has 2 aliphatic rings. The van der Waals surface area contributed by atoms with Crippen LogP contribution in [-0.4, -0.2) is 57.5 Å². The van der Waals surface area contributed by atoms with Crippen LogP contribution in [-0.2, 0) is 25.7 Å². The molecule has 1 fully saturated rings. The Balaban J connectivity index is 1.77. The van der Waals surface area contributed by atoms with E-state index in [0.29, 0.717) is 50.4 Å². The standard InChI is InChI=1S/C25H32N4O5S/c1-17(2)33-25(30)28-12-9-20(10-13-28)34-24(7-11-26)22(16-27)18(3)29-14-8-19-15-21(35(4,31)32)5-6-23(19)29/h5-7,11,15,17,20H,3,8-10,12-14,26H2,1-2,4H3/b11-7-,24-22+. The van der Waals surface area contributed by atoms with Gasteiger partial charge in [-0.1, -0.05) is 6.58 Å². The van der Waals surface area contributed by atoms with Gasteiger partial charge in [-0.25, -0.2) is 13.2 Å². The molecule has 9 nitrogen and oxygen atoms in total. The van der Waals surface area contributed by atoms with Crippen LogP contribution in [0.2, 0.25) is 0 Å². The molecule has 1 saturated heterocycles. The molecular formula is C25H32N4O5S. The second-order valence-electron chi connectivity index (χ2n) is 8.86. The number of nitrogens with two attached hydrogens (primary N) is 1. The number of nitrogens with zero attached hydrogens (tertiary/aromatic N) is 3. The Bertz CT molecular complexity index is 1190. The summed E-state index contributed by atoms with van der Waals surface area (Å²) >= 11 is 0. The first-order valence-corrected chi connectivity index (χ1v) is 13.4. The van der Waals surface area contributed by atoms with Crippen LogP contribution in [0.1, 0.15) is 32.3 Å². The monoisotopic (exact) mass is 500 g/mol. The number of benzene rings is 1. The van der Waals surface area contributed by atoms with Gasteiger partial charge in [0, 0.05) is 44.4 Å². The van der Waals surface area contributed by atoms with Crippen LogP contribution in [0, 0.1) is 11.3 Å². The Hall–Kier alpha value is -3.45. The number of likely N-dealkylation sites (tertiary alicyclic amines) is 1. The van der Waals surface area contributed by atoms with E-state index in [0.717, 1.165) is 11.3 Å². The topological polar surface area (TPSA) is 126 Å². The minimum atomic E-state index is -3.31. The van der Waals surface area contributed by atoms with Crippen LogP contribution in [0.15, 0.2) is 59.0 Å². The fraction of sp³-hybridized carbons (Fsp3) is 0.440. The molecule has 188 valence electrons. The van der Waals surface area contributed by atoms with E-state index in [-0.39, 0.29) is 28.8 Å². The number of carbonyl (C=O) groups is 1. The van der Waals surface area contributed by atoms with Gasteiger partial charge in [0.1, 0.15) is 23.5 Å². The van der Waals surface area contributed by atoms with Crippen molar-refractivity contribution in [1.29, 1.82) is 5.26 Å². The lowest BCUT2D eigenvalue weighted by molar-refractivity contribution is 0.0341. The van der Waals surface area contributed by atoms with E-state index in [2.05, 4.69) is 12.6 Å². The lowest BCUT2D eigenvalue weighted by atomic mass is 10.1. The van der Waals surface area contributed by atoms with Crippen LogP contribution in [0.4, 0.5) is 10.5 Å². The minimum absolute atomic E-state index is 0.182. The van der Waals surface area contributed by atoms with Crippen LogP contribution >= 0.6 is 0 Å². The number of ether oxygens (including phenoxy) is 2. The number of rotatable bonds is 7. The van der Waals surface area contributed by atoms with E-state index in [9.17, 15) is 18.5 Å². The summed E-state index contributed by atoms with van der Waals surface area (Å²) in [6, 6.07) is 7.16. The van der Waals surface area contributed by atoms with Crippen molar-refractivity contribution in [3.63, 3.8) is 0 Å². The number of hydrogen-bond donors (Lipinski definition) is 1. The van der Waals surface area contributed by atoms with Crippen molar-refractivity contribution in [2.45, 2.75) is 50.2 Å². The van der Waals surface area contributed by atoms with Crippen molar-refractivity contribution in [3.05, 3.63) is 59.6 Å². The molecular weight excluding hydrogens is 468 g/mol. The first kappa shape index (κ1) is 26.2. The van der Waals surface area contributed by atoms with Gasteiger partial charge in [0.25, 0.3) is 0 Å². The summed E-state index contributed by atoms with van der Waals surface area (Å²) in [5.41, 5.74) is 8.03. The highest BCUT2D eigenvalue weighted by Gasteiger charge is 2.29. The number of carbonyl (C=O) groups excluding carboxylic acids is 1. The molecule has 3 rings (SSSR count). The summed E-state index contributed by atoms with van der Waals surface area (Å²) in [5.74, 6) is 0.310. The zero-order chi connectivity index (χ0) is 25.8. The van der Waals surface area contributed by atoms with E-state index in [1.807, 2.05) is 18.7 Å². The van der Waals surface area contributed by atoms with E-state index >= 15 is 0 Å². The molecule has 0 aliphatic carbocycles. The van der Waals surface area contributed by atoms with Crippen molar-refractivity contribution in [2.75, 3.05) is 30.8 Å². The first-order valence-electron chi connectivity index (χ1n) is 11.5. The SMILES string of the molecule is C=C(/C(C#N)=C(\C=C/N)OC1CCN(C(=O)OC(C)C)CC1)N1CCc2cc(S(C)(=O)=O)ccc21. The lowest BCUT2D eigenvalue weighted by Crippen LogP contribution is -2.41. The minimum Gasteiger partial charge on any atom is -0.489 e. The van der Waals surface area contributed by atoms with Crippen LogP contribution < -0.4 is 10.6 Å². The summed E-state index contributed by atoms with van der Waals surface area (Å²) in [5, 5.41) is 9.98. The van der Waals surface area contributed by atoms with Crippen LogP contribution in [0.25, 0.3) is 0 Å². The maximum absolute atomic E-state index is 12.1. The van der Waals surface area contributed by atoms with Crippen molar-refractivity contribution < 1.29 is 22.7 Å². The van der Waals surface area contributed by atoms with Gasteiger partial charge < -0.3 is 25.0 Å². The van der Waals surface area contributed by atoms with Crippen LogP contribution in [0.5, 0.6) is 0 Å². The maximum Gasteiger partial charge on any atom is 0.410 e. The Labute approximate surface area is 207 Å². The second kappa shape index (κ2) is 10.9. The van der Waals surface area contributed by atoms with Crippen molar-refractivity contribution in [3.8, 4) is 6.07 Å². The molecule has 10 heteroatoms. The predicted octanol–water partition coefficient (Wildman–Crippen LogP) is 3.24. The van der Waals surface area contributed by atoms with Gasteiger partial charge in [0.15, 0.2) is 9.84 Å². The Kier molecular flexibility index (Phi) is 8.12. The van der Waals surface area contributed by atoms with Crippen LogP contribution in [0.3, 0.4) is 0 Å². The number of fused-ring (bicyclic) bond motifs is 1. The zero-order valence-electron chi connectivity index (χ0n) is 20.4. The summed E-state index contributed by atoms with van der Waals surface area (Å²) in [7, 11) is -3.31. The number of hydrogen-bond acceptors (Lipinski definition) is 8. The van der Waals surface area contributed by atoms with Gasteiger partial charge in [-0.05, 0) is 56.3 Å². The number of sulfone groups is 1. The fourth-order valence-electron chi connectivity index (χ4n) is 4.17. The van der Waals surface area contributed by atoms with Crippen molar-refractivity contribution in [1.82, 2.24) is 4.90 Å². The average molecular weight is 501 g/mol. The van der Waals surface area contributed by atoms with Crippen molar-refractivity contribution in [2.24, 2.45) is 5.73 Å². The number of amides is 1. The molecule has 0 unspecified atom stereocenters. The molecule has 0 aromatic heterocycles. The first-order chi connectivity index (χ1) is 16.5. The van der Waals surface area contributed by atoms with Gasteiger partial charge in [0.05, 0.1) is 16.7 Å². The van der Waals surface area contributed by atoms with E-state index in [1.165, 1.54) is 18.5 Å². The smallest absolute Gasteiger partial charge is 0.410 e. The normalized spacial score (nSPS) is 17.2. The molecule has 0 spiro atoms. The summed E-state index contributed by atoms with van der Waals surface area (Å²) in [6.45, 7) is 9.29. The molecule has 1 aromatic carbocycles. The Morgan fingerprint density at radius 1 is 1.29 bits per heavy atom. The molecule has 0 atom stereocenters. The third kappa shape index (κ3) is 6.17. The maximum atomic E-state index is 12.1. The van der Waals surface area contributed by atoms with Gasteiger partial charge in [-0.15, -0.1) is 0 Å². The van der Waals surface area contributed by atoms with Gasteiger partial charge >= 0.3 is 6.09 Å². The number of piperidine rings is 1. The van der Waals surface area contributed by atoms with Gasteiger partial charge in [-0.3, -0.25) is 0 Å². The van der Waals surface area contributed by atoms with Gasteiger partial charge in [0.2, 0.25) is 0 Å². The van der Waals surface area contributed by atoms with Gasteiger partial charge in [-0.2, -0.15) is 5.26 Å². The number of nitriles is 1. The highest BCUT2D eigenvalue weighted by atomic mass is 32.2. The highest BCUT2D eigenvalue weighted by molar-refractivity contribution is 7.90. The van der Waals surface area contributed by atoms with Crippen molar-refractivity contribution >= 4 is 21.6 Å². The molecule has 1 amide bonds. The van der Waals surface area contributed by atoms with E-state index in [4.69, 9.17) is 15.2 Å². The number of allylic oxidation sites excluding steroid dienone is 2. The quantitative estimate of drug-likeness (QED) is 0.344. The molecule has 2 aliphatic heterocycles. The largest absolute Gasteiger partial charge is 0.489 e. The lowest BCUT2D eigenvalue weighted by Gasteiger charge is -2.32. The second-order valence-corrected chi connectivity index (χ2v) is 10.9. The summed E-state index contributed by atoms with van der Waals surface area (Å²) in [4.78, 5) is 15.9.